The van der Waals surface area contributed by atoms with Crippen LogP contribution in [0.4, 0.5) is 0 Å². The number of nitrogens with one attached hydrogen (secondary N) is 1. The summed E-state index contributed by atoms with van der Waals surface area (Å²) in [6, 6.07) is 5.24. The molecule has 0 atom stereocenters. The predicted octanol–water partition coefficient (Wildman–Crippen LogP) is 2.04. The molecule has 2 aliphatic rings. The zero-order valence-corrected chi connectivity index (χ0v) is 17.5. The van der Waals surface area contributed by atoms with E-state index in [0.29, 0.717) is 43.1 Å². The Kier molecular flexibility index (Phi) is 5.14. The van der Waals surface area contributed by atoms with Crippen LogP contribution in [0.25, 0.3) is 0 Å². The first kappa shape index (κ1) is 19.9. The Morgan fingerprint density at radius 3 is 2.84 bits per heavy atom. The molecule has 2 amide bonds. The number of fused-ring (bicyclic) bond motifs is 2. The molecule has 3 aromatic rings. The molecule has 0 saturated carbocycles. The minimum absolute atomic E-state index is 0.0629. The van der Waals surface area contributed by atoms with Crippen LogP contribution in [-0.2, 0) is 19.5 Å². The average molecular weight is 431 g/mol. The van der Waals surface area contributed by atoms with Gasteiger partial charge < -0.3 is 19.7 Å². The molecule has 2 aromatic heterocycles. The van der Waals surface area contributed by atoms with E-state index in [1.807, 2.05) is 13.1 Å². The number of rotatable bonds is 4. The number of aromatic nitrogens is 3. The van der Waals surface area contributed by atoms with Gasteiger partial charge in [0.1, 0.15) is 5.69 Å². The van der Waals surface area contributed by atoms with E-state index < -0.39 is 0 Å². The topological polar surface area (TPSA) is 107 Å². The van der Waals surface area contributed by atoms with Crippen LogP contribution in [0, 0.1) is 6.92 Å². The molecule has 5 rings (SSSR count). The fourth-order valence-corrected chi connectivity index (χ4v) is 4.02. The quantitative estimate of drug-likeness (QED) is 0.674. The molecule has 0 saturated heterocycles. The van der Waals surface area contributed by atoms with Crippen molar-refractivity contribution in [3.8, 4) is 11.5 Å². The van der Waals surface area contributed by atoms with Crippen molar-refractivity contribution in [1.29, 1.82) is 0 Å². The van der Waals surface area contributed by atoms with E-state index in [4.69, 9.17) is 9.47 Å². The molecule has 0 unspecified atom stereocenters. The summed E-state index contributed by atoms with van der Waals surface area (Å²) >= 11 is 0. The van der Waals surface area contributed by atoms with Gasteiger partial charge in [-0.2, -0.15) is 0 Å². The second-order valence-corrected chi connectivity index (χ2v) is 7.64. The molecule has 9 nitrogen and oxygen atoms in total. The molecule has 162 valence electrons. The lowest BCUT2D eigenvalue weighted by molar-refractivity contribution is 0.0733. The number of aryl methyl sites for hydroxylation is 1. The van der Waals surface area contributed by atoms with Gasteiger partial charge in [0.05, 0.1) is 6.20 Å². The summed E-state index contributed by atoms with van der Waals surface area (Å²) < 4.78 is 10.7. The Bertz CT molecular complexity index is 1200. The normalized spacial score (nSPS) is 14.1. The molecule has 32 heavy (non-hydrogen) atoms. The summed E-state index contributed by atoms with van der Waals surface area (Å²) in [5.41, 5.74) is 4.79. The lowest BCUT2D eigenvalue weighted by atomic mass is 9.94. The van der Waals surface area contributed by atoms with Crippen molar-refractivity contribution in [1.82, 2.24) is 25.2 Å². The van der Waals surface area contributed by atoms with Crippen LogP contribution < -0.4 is 14.8 Å². The fourth-order valence-electron chi connectivity index (χ4n) is 4.02. The second kappa shape index (κ2) is 8.26. The van der Waals surface area contributed by atoms with E-state index >= 15 is 0 Å². The number of nitrogens with zero attached hydrogens (tertiary/aromatic N) is 4. The third-order valence-electron chi connectivity index (χ3n) is 5.72. The second-order valence-electron chi connectivity index (χ2n) is 7.64. The van der Waals surface area contributed by atoms with Crippen molar-refractivity contribution >= 4 is 11.8 Å². The van der Waals surface area contributed by atoms with Crippen LogP contribution in [-0.4, -0.2) is 45.0 Å². The minimum Gasteiger partial charge on any atom is -0.454 e. The summed E-state index contributed by atoms with van der Waals surface area (Å²) in [5, 5.41) is 2.90. The van der Waals surface area contributed by atoms with Crippen molar-refractivity contribution < 1.29 is 19.1 Å². The van der Waals surface area contributed by atoms with E-state index in [0.717, 1.165) is 22.4 Å². The number of hydrogen-bond acceptors (Lipinski definition) is 7. The zero-order chi connectivity index (χ0) is 22.1. The van der Waals surface area contributed by atoms with Gasteiger partial charge >= 0.3 is 0 Å². The highest BCUT2D eigenvalue weighted by molar-refractivity contribution is 5.95. The van der Waals surface area contributed by atoms with Gasteiger partial charge in [-0.15, -0.1) is 0 Å². The fraction of sp³-hybridized carbons (Fsp3) is 0.261. The van der Waals surface area contributed by atoms with E-state index in [1.54, 1.807) is 23.1 Å². The van der Waals surface area contributed by atoms with Gasteiger partial charge in [-0.25, -0.2) is 4.98 Å². The first-order chi connectivity index (χ1) is 15.6. The van der Waals surface area contributed by atoms with Crippen molar-refractivity contribution in [2.75, 3.05) is 13.3 Å². The lowest BCUT2D eigenvalue weighted by Crippen LogP contribution is -2.37. The molecule has 0 fully saturated rings. The molecular formula is C23H21N5O4. The third-order valence-corrected chi connectivity index (χ3v) is 5.72. The Labute approximate surface area is 184 Å². The Morgan fingerprint density at radius 2 is 2.00 bits per heavy atom. The third kappa shape index (κ3) is 3.73. The van der Waals surface area contributed by atoms with Gasteiger partial charge in [0.25, 0.3) is 11.8 Å². The maximum absolute atomic E-state index is 13.1. The molecule has 0 aliphatic carbocycles. The number of carbonyl (C=O) groups is 2. The van der Waals surface area contributed by atoms with E-state index in [2.05, 4.69) is 20.3 Å². The molecule has 4 heterocycles. The van der Waals surface area contributed by atoms with Gasteiger partial charge in [-0.3, -0.25) is 19.6 Å². The molecular weight excluding hydrogens is 410 g/mol. The Balaban J connectivity index is 1.32. The monoisotopic (exact) mass is 431 g/mol. The van der Waals surface area contributed by atoms with Gasteiger partial charge in [0, 0.05) is 49.5 Å². The molecule has 1 N–H and O–H groups in total. The molecule has 0 radical (unpaired) electrons. The molecule has 0 bridgehead atoms. The average Bonchev–Trinajstić information content (AvgIpc) is 3.31. The molecule has 1 aromatic carbocycles. The SMILES string of the molecule is Cc1ncc2c(c1CNC(=O)c1cnccn1)CCN(C(=O)c1ccc3c(c1)OCO3)C2. The first-order valence-electron chi connectivity index (χ1n) is 10.3. The van der Waals surface area contributed by atoms with Crippen molar-refractivity contribution in [3.63, 3.8) is 0 Å². The highest BCUT2D eigenvalue weighted by Crippen LogP contribution is 2.33. The van der Waals surface area contributed by atoms with Gasteiger partial charge in [-0.1, -0.05) is 0 Å². The Morgan fingerprint density at radius 1 is 1.12 bits per heavy atom. The largest absolute Gasteiger partial charge is 0.454 e. The van der Waals surface area contributed by atoms with Gasteiger partial charge in [-0.05, 0) is 48.2 Å². The van der Waals surface area contributed by atoms with Crippen LogP contribution in [0.1, 0.15) is 43.2 Å². The van der Waals surface area contributed by atoms with Gasteiger partial charge in [0.15, 0.2) is 11.5 Å². The van der Waals surface area contributed by atoms with Crippen LogP contribution in [0.5, 0.6) is 11.5 Å². The summed E-state index contributed by atoms with van der Waals surface area (Å²) in [5.74, 6) is 0.891. The summed E-state index contributed by atoms with van der Waals surface area (Å²) in [6.45, 7) is 3.48. The van der Waals surface area contributed by atoms with E-state index in [-0.39, 0.29) is 24.3 Å². The van der Waals surface area contributed by atoms with Crippen LogP contribution in [0.2, 0.25) is 0 Å². The summed E-state index contributed by atoms with van der Waals surface area (Å²) in [6.07, 6.45) is 6.94. The van der Waals surface area contributed by atoms with Gasteiger partial charge in [0.2, 0.25) is 6.79 Å². The number of hydrogen-bond donors (Lipinski definition) is 1. The molecule has 9 heteroatoms. The predicted molar refractivity (Wildman–Crippen MR) is 113 cm³/mol. The first-order valence-corrected chi connectivity index (χ1v) is 10.3. The number of benzene rings is 1. The van der Waals surface area contributed by atoms with Crippen LogP contribution >= 0.6 is 0 Å². The summed E-state index contributed by atoms with van der Waals surface area (Å²) in [7, 11) is 0. The zero-order valence-electron chi connectivity index (χ0n) is 17.5. The van der Waals surface area contributed by atoms with Crippen molar-refractivity contribution in [2.45, 2.75) is 26.4 Å². The maximum Gasteiger partial charge on any atom is 0.271 e. The smallest absolute Gasteiger partial charge is 0.271 e. The standard InChI is InChI=1S/C23H21N5O4/c1-14-18(10-27-22(29)19-11-24-5-6-25-19)17-4-7-28(12-16(17)9-26-14)23(30)15-2-3-20-21(8-15)32-13-31-20/h2-3,5-6,8-9,11H,4,7,10,12-13H2,1H3,(H,27,29). The van der Waals surface area contributed by atoms with E-state index in [1.165, 1.54) is 18.6 Å². The highest BCUT2D eigenvalue weighted by Gasteiger charge is 2.26. The van der Waals surface area contributed by atoms with Crippen molar-refractivity contribution in [2.24, 2.45) is 0 Å². The van der Waals surface area contributed by atoms with Crippen LogP contribution in [0.15, 0.2) is 43.0 Å². The van der Waals surface area contributed by atoms with E-state index in [9.17, 15) is 9.59 Å². The Hall–Kier alpha value is -4.01. The number of carbonyl (C=O) groups excluding carboxylic acids is 2. The maximum atomic E-state index is 13.1. The number of pyridine rings is 1. The minimum atomic E-state index is -0.287. The number of amides is 2. The molecule has 0 spiro atoms. The highest BCUT2D eigenvalue weighted by atomic mass is 16.7. The van der Waals surface area contributed by atoms with Crippen molar-refractivity contribution in [3.05, 3.63) is 76.6 Å². The molecule has 2 aliphatic heterocycles. The number of ether oxygens (including phenoxy) is 2. The summed E-state index contributed by atoms with van der Waals surface area (Å²) in [4.78, 5) is 39.7. The lowest BCUT2D eigenvalue weighted by Gasteiger charge is -2.30. The van der Waals surface area contributed by atoms with Crippen LogP contribution in [0.3, 0.4) is 0 Å².